The summed E-state index contributed by atoms with van der Waals surface area (Å²) in [5.74, 6) is 0.630. The van der Waals surface area contributed by atoms with Crippen molar-refractivity contribution in [3.8, 4) is 17.2 Å². The maximum Gasteiger partial charge on any atom is 0.338 e. The second-order valence-electron chi connectivity index (χ2n) is 7.86. The molecule has 4 aromatic carbocycles. The minimum atomic E-state index is -0.414. The van der Waals surface area contributed by atoms with Gasteiger partial charge in [0.2, 0.25) is 11.2 Å². The standard InChI is InChI=1S/C29H22O6/c1-2-32-29(31)20-10-12-22(13-11-20)35-27-18-34-26-16-23(14-15-25(26)28(27)30)33-17-21-8-5-7-19-6-3-4-9-24(19)21/h3-16,18H,2,17H2,1H3. The molecule has 0 radical (unpaired) electrons. The monoisotopic (exact) mass is 466 g/mol. The molecule has 6 nitrogen and oxygen atoms in total. The van der Waals surface area contributed by atoms with Crippen LogP contribution in [0, 0.1) is 0 Å². The van der Waals surface area contributed by atoms with Gasteiger partial charge in [-0.05, 0) is 59.7 Å². The zero-order valence-corrected chi connectivity index (χ0v) is 19.0. The van der Waals surface area contributed by atoms with Crippen LogP contribution in [0.5, 0.6) is 17.2 Å². The molecule has 0 aliphatic rings. The summed E-state index contributed by atoms with van der Waals surface area (Å²) in [7, 11) is 0. The molecule has 0 unspecified atom stereocenters. The number of carbonyl (C=O) groups is 1. The predicted molar refractivity (Wildman–Crippen MR) is 133 cm³/mol. The van der Waals surface area contributed by atoms with Crippen LogP contribution in [0.25, 0.3) is 21.7 Å². The molecule has 174 valence electrons. The molecule has 0 fully saturated rings. The lowest BCUT2D eigenvalue weighted by Gasteiger charge is -2.10. The first kappa shape index (κ1) is 22.2. The summed E-state index contributed by atoms with van der Waals surface area (Å²) in [6.07, 6.45) is 1.28. The Bertz CT molecular complexity index is 1560. The highest BCUT2D eigenvalue weighted by Crippen LogP contribution is 2.26. The van der Waals surface area contributed by atoms with Crippen molar-refractivity contribution in [2.24, 2.45) is 0 Å². The quantitative estimate of drug-likeness (QED) is 0.255. The second-order valence-corrected chi connectivity index (χ2v) is 7.86. The number of carbonyl (C=O) groups excluding carboxylic acids is 1. The van der Waals surface area contributed by atoms with Crippen molar-refractivity contribution in [1.82, 2.24) is 0 Å². The lowest BCUT2D eigenvalue weighted by Crippen LogP contribution is -2.06. The van der Waals surface area contributed by atoms with E-state index in [4.69, 9.17) is 18.6 Å². The Kier molecular flexibility index (Phi) is 6.18. The van der Waals surface area contributed by atoms with Crippen LogP contribution in [0.1, 0.15) is 22.8 Å². The lowest BCUT2D eigenvalue weighted by molar-refractivity contribution is 0.0526. The van der Waals surface area contributed by atoms with Crippen LogP contribution in [0.4, 0.5) is 0 Å². The number of ether oxygens (including phenoxy) is 3. The molecular weight excluding hydrogens is 444 g/mol. The highest BCUT2D eigenvalue weighted by atomic mass is 16.5. The molecule has 6 heteroatoms. The fourth-order valence-electron chi connectivity index (χ4n) is 3.83. The van der Waals surface area contributed by atoms with Crippen LogP contribution in [-0.4, -0.2) is 12.6 Å². The zero-order chi connectivity index (χ0) is 24.2. The van der Waals surface area contributed by atoms with Gasteiger partial charge in [-0.15, -0.1) is 0 Å². The van der Waals surface area contributed by atoms with Crippen LogP contribution >= 0.6 is 0 Å². The van der Waals surface area contributed by atoms with Gasteiger partial charge in [-0.3, -0.25) is 4.79 Å². The van der Waals surface area contributed by atoms with E-state index < -0.39 is 5.97 Å². The van der Waals surface area contributed by atoms with Crippen molar-refractivity contribution in [1.29, 1.82) is 0 Å². The Morgan fingerprint density at radius 3 is 2.46 bits per heavy atom. The smallest absolute Gasteiger partial charge is 0.338 e. The molecule has 0 amide bonds. The molecule has 0 bridgehead atoms. The van der Waals surface area contributed by atoms with E-state index in [9.17, 15) is 9.59 Å². The summed E-state index contributed by atoms with van der Waals surface area (Å²) in [6.45, 7) is 2.43. The molecule has 0 aliphatic carbocycles. The van der Waals surface area contributed by atoms with E-state index in [0.717, 1.165) is 16.3 Å². The molecule has 5 rings (SSSR count). The first-order valence-corrected chi connectivity index (χ1v) is 11.2. The first-order chi connectivity index (χ1) is 17.1. The summed E-state index contributed by atoms with van der Waals surface area (Å²) >= 11 is 0. The number of hydrogen-bond donors (Lipinski definition) is 0. The average Bonchev–Trinajstić information content (AvgIpc) is 2.89. The van der Waals surface area contributed by atoms with E-state index >= 15 is 0 Å². The highest BCUT2D eigenvalue weighted by Gasteiger charge is 2.12. The van der Waals surface area contributed by atoms with Crippen LogP contribution < -0.4 is 14.9 Å². The van der Waals surface area contributed by atoms with Gasteiger partial charge in [0.25, 0.3) is 0 Å². The Balaban J connectivity index is 1.33. The molecule has 0 N–H and O–H groups in total. The van der Waals surface area contributed by atoms with Gasteiger partial charge in [-0.1, -0.05) is 42.5 Å². The van der Waals surface area contributed by atoms with E-state index in [1.54, 1.807) is 49.4 Å². The normalized spacial score (nSPS) is 10.9. The Morgan fingerprint density at radius 1 is 0.857 bits per heavy atom. The van der Waals surface area contributed by atoms with Crippen molar-refractivity contribution in [3.63, 3.8) is 0 Å². The zero-order valence-electron chi connectivity index (χ0n) is 19.0. The van der Waals surface area contributed by atoms with E-state index in [1.807, 2.05) is 24.3 Å². The third-order valence-electron chi connectivity index (χ3n) is 5.58. The fourth-order valence-corrected chi connectivity index (χ4v) is 3.83. The Morgan fingerprint density at radius 2 is 1.63 bits per heavy atom. The molecule has 0 aliphatic heterocycles. The maximum atomic E-state index is 12.9. The molecule has 0 spiro atoms. The number of hydrogen-bond acceptors (Lipinski definition) is 6. The van der Waals surface area contributed by atoms with Gasteiger partial charge < -0.3 is 18.6 Å². The van der Waals surface area contributed by atoms with Crippen molar-refractivity contribution >= 4 is 27.7 Å². The van der Waals surface area contributed by atoms with Crippen molar-refractivity contribution in [2.75, 3.05) is 6.61 Å². The van der Waals surface area contributed by atoms with Crippen molar-refractivity contribution in [2.45, 2.75) is 13.5 Å². The van der Waals surface area contributed by atoms with E-state index in [0.29, 0.717) is 41.2 Å². The summed E-state index contributed by atoms with van der Waals surface area (Å²) < 4.78 is 22.3. The third kappa shape index (κ3) is 4.73. The van der Waals surface area contributed by atoms with Gasteiger partial charge >= 0.3 is 5.97 Å². The van der Waals surface area contributed by atoms with Gasteiger partial charge in [0, 0.05) is 6.07 Å². The Labute approximate surface area is 201 Å². The summed E-state index contributed by atoms with van der Waals surface area (Å²) in [6, 6.07) is 25.7. The average molecular weight is 466 g/mol. The second kappa shape index (κ2) is 9.73. The molecule has 1 heterocycles. The topological polar surface area (TPSA) is 75.0 Å². The summed E-state index contributed by atoms with van der Waals surface area (Å²) in [5.41, 5.74) is 1.57. The molecule has 0 saturated carbocycles. The number of esters is 1. The Hall–Kier alpha value is -4.58. The van der Waals surface area contributed by atoms with E-state index in [-0.39, 0.29) is 11.2 Å². The summed E-state index contributed by atoms with van der Waals surface area (Å²) in [4.78, 5) is 24.7. The van der Waals surface area contributed by atoms with Gasteiger partial charge in [-0.25, -0.2) is 4.79 Å². The molecular formula is C29H22O6. The van der Waals surface area contributed by atoms with Gasteiger partial charge in [0.15, 0.2) is 0 Å². The van der Waals surface area contributed by atoms with Gasteiger partial charge in [-0.2, -0.15) is 0 Å². The molecule has 35 heavy (non-hydrogen) atoms. The van der Waals surface area contributed by atoms with Gasteiger partial charge in [0.1, 0.15) is 30.0 Å². The minimum Gasteiger partial charge on any atom is -0.489 e. The van der Waals surface area contributed by atoms with Crippen molar-refractivity contribution in [3.05, 3.63) is 113 Å². The SMILES string of the molecule is CCOC(=O)c1ccc(Oc2coc3cc(OCc4cccc5ccccc45)ccc3c2=O)cc1. The summed E-state index contributed by atoms with van der Waals surface area (Å²) in [5, 5.41) is 2.67. The minimum absolute atomic E-state index is 0.0470. The van der Waals surface area contributed by atoms with Crippen LogP contribution in [0.2, 0.25) is 0 Å². The van der Waals surface area contributed by atoms with Crippen LogP contribution in [-0.2, 0) is 11.3 Å². The number of fused-ring (bicyclic) bond motifs is 2. The number of rotatable bonds is 7. The first-order valence-electron chi connectivity index (χ1n) is 11.2. The molecule has 1 aromatic heterocycles. The third-order valence-corrected chi connectivity index (χ3v) is 5.58. The van der Waals surface area contributed by atoms with Crippen molar-refractivity contribution < 1.29 is 23.4 Å². The molecule has 0 saturated heterocycles. The van der Waals surface area contributed by atoms with Gasteiger partial charge in [0.05, 0.1) is 17.6 Å². The fraction of sp³-hybridized carbons (Fsp3) is 0.103. The lowest BCUT2D eigenvalue weighted by atomic mass is 10.1. The van der Waals surface area contributed by atoms with Crippen LogP contribution in [0.3, 0.4) is 0 Å². The molecule has 0 atom stereocenters. The van der Waals surface area contributed by atoms with E-state index in [1.165, 1.54) is 6.26 Å². The van der Waals surface area contributed by atoms with Crippen LogP contribution in [0.15, 0.2) is 100 Å². The van der Waals surface area contributed by atoms with E-state index in [2.05, 4.69) is 18.2 Å². The maximum absolute atomic E-state index is 12.9. The highest BCUT2D eigenvalue weighted by molar-refractivity contribution is 5.89. The predicted octanol–water partition coefficient (Wildman–Crippen LogP) is 6.49. The number of benzene rings is 4. The largest absolute Gasteiger partial charge is 0.489 e. The molecule has 5 aromatic rings.